The van der Waals surface area contributed by atoms with E-state index in [1.54, 1.807) is 12.1 Å². The number of aryl methyl sites for hydroxylation is 1. The minimum Gasteiger partial charge on any atom is -0.389 e. The third-order valence-electron chi connectivity index (χ3n) is 2.56. The standard InChI is InChI=1S/C11H14O4S2/c1-8-2-4-9(5-3-8)17(13,14)15-11-7-16-6-10(11)12/h2-5,10-12H,6-7H2,1H3. The first-order valence-electron chi connectivity index (χ1n) is 5.25. The van der Waals surface area contributed by atoms with Gasteiger partial charge in [-0.2, -0.15) is 20.2 Å². The van der Waals surface area contributed by atoms with E-state index in [0.717, 1.165) is 5.56 Å². The van der Waals surface area contributed by atoms with Gasteiger partial charge in [-0.1, -0.05) is 17.7 Å². The second-order valence-corrected chi connectivity index (χ2v) is 6.65. The summed E-state index contributed by atoms with van der Waals surface area (Å²) in [7, 11) is -3.77. The van der Waals surface area contributed by atoms with E-state index >= 15 is 0 Å². The van der Waals surface area contributed by atoms with Gasteiger partial charge in [0.1, 0.15) is 6.10 Å². The predicted molar refractivity (Wildman–Crippen MR) is 66.6 cm³/mol. The Morgan fingerprint density at radius 2 is 1.94 bits per heavy atom. The molecule has 4 nitrogen and oxygen atoms in total. The SMILES string of the molecule is Cc1ccc(S(=O)(=O)OC2CSCC2O)cc1. The molecule has 2 rings (SSSR count). The highest BCUT2D eigenvalue weighted by atomic mass is 32.2. The van der Waals surface area contributed by atoms with E-state index in [9.17, 15) is 13.5 Å². The number of thioether (sulfide) groups is 1. The molecule has 1 aliphatic heterocycles. The van der Waals surface area contributed by atoms with E-state index in [-0.39, 0.29) is 4.90 Å². The van der Waals surface area contributed by atoms with Gasteiger partial charge in [0, 0.05) is 11.5 Å². The molecular weight excluding hydrogens is 260 g/mol. The maximum Gasteiger partial charge on any atom is 0.297 e. The van der Waals surface area contributed by atoms with Crippen LogP contribution in [0.15, 0.2) is 29.2 Å². The first kappa shape index (κ1) is 12.9. The average Bonchev–Trinajstić information content (AvgIpc) is 2.64. The van der Waals surface area contributed by atoms with E-state index in [4.69, 9.17) is 4.18 Å². The first-order valence-corrected chi connectivity index (χ1v) is 7.81. The van der Waals surface area contributed by atoms with Crippen LogP contribution in [0.5, 0.6) is 0 Å². The second kappa shape index (κ2) is 4.97. The van der Waals surface area contributed by atoms with Gasteiger partial charge in [-0.05, 0) is 19.1 Å². The zero-order valence-electron chi connectivity index (χ0n) is 9.37. The highest BCUT2D eigenvalue weighted by Gasteiger charge is 2.31. The number of aliphatic hydroxyl groups excluding tert-OH is 1. The van der Waals surface area contributed by atoms with E-state index in [2.05, 4.69) is 0 Å². The fourth-order valence-corrected chi connectivity index (χ4v) is 3.84. The molecule has 1 fully saturated rings. The van der Waals surface area contributed by atoms with Crippen LogP contribution in [0.3, 0.4) is 0 Å². The molecule has 2 atom stereocenters. The van der Waals surface area contributed by atoms with Gasteiger partial charge in [0.25, 0.3) is 10.1 Å². The summed E-state index contributed by atoms with van der Waals surface area (Å²) in [6.45, 7) is 1.88. The van der Waals surface area contributed by atoms with E-state index in [1.165, 1.54) is 23.9 Å². The van der Waals surface area contributed by atoms with Gasteiger partial charge in [0.05, 0.1) is 11.0 Å². The molecule has 0 spiro atoms. The predicted octanol–water partition coefficient (Wildman–Crippen LogP) is 1.18. The van der Waals surface area contributed by atoms with Crippen molar-refractivity contribution in [3.63, 3.8) is 0 Å². The van der Waals surface area contributed by atoms with Crippen molar-refractivity contribution in [2.75, 3.05) is 11.5 Å². The normalized spacial score (nSPS) is 25.1. The Morgan fingerprint density at radius 3 is 2.47 bits per heavy atom. The molecule has 1 heterocycles. The van der Waals surface area contributed by atoms with Crippen molar-refractivity contribution < 1.29 is 17.7 Å². The molecule has 94 valence electrons. The van der Waals surface area contributed by atoms with Gasteiger partial charge in [0.15, 0.2) is 0 Å². The largest absolute Gasteiger partial charge is 0.389 e. The van der Waals surface area contributed by atoms with E-state index in [1.807, 2.05) is 6.92 Å². The first-order chi connectivity index (χ1) is 7.99. The van der Waals surface area contributed by atoms with Crippen molar-refractivity contribution >= 4 is 21.9 Å². The molecular formula is C11H14O4S2. The summed E-state index contributed by atoms with van der Waals surface area (Å²) < 4.78 is 28.8. The van der Waals surface area contributed by atoms with Crippen LogP contribution >= 0.6 is 11.8 Å². The zero-order valence-corrected chi connectivity index (χ0v) is 11.0. The van der Waals surface area contributed by atoms with Crippen molar-refractivity contribution in [2.24, 2.45) is 0 Å². The quantitative estimate of drug-likeness (QED) is 0.838. The lowest BCUT2D eigenvalue weighted by atomic mass is 10.2. The maximum atomic E-state index is 11.9. The van der Waals surface area contributed by atoms with E-state index < -0.39 is 22.3 Å². The maximum absolute atomic E-state index is 11.9. The monoisotopic (exact) mass is 274 g/mol. The molecule has 0 aliphatic carbocycles. The fourth-order valence-electron chi connectivity index (χ4n) is 1.54. The molecule has 0 bridgehead atoms. The van der Waals surface area contributed by atoms with Crippen molar-refractivity contribution in [1.29, 1.82) is 0 Å². The van der Waals surface area contributed by atoms with Gasteiger partial charge in [-0.25, -0.2) is 0 Å². The number of rotatable bonds is 3. The van der Waals surface area contributed by atoms with Crippen LogP contribution in [0.4, 0.5) is 0 Å². The van der Waals surface area contributed by atoms with E-state index in [0.29, 0.717) is 11.5 Å². The smallest absolute Gasteiger partial charge is 0.297 e. The topological polar surface area (TPSA) is 63.6 Å². The Morgan fingerprint density at radius 1 is 1.29 bits per heavy atom. The van der Waals surface area contributed by atoms with Crippen LogP contribution in [0, 0.1) is 6.92 Å². The Kier molecular flexibility index (Phi) is 3.77. The third-order valence-corrected chi connectivity index (χ3v) is 5.05. The lowest BCUT2D eigenvalue weighted by Crippen LogP contribution is -2.29. The number of hydrogen-bond acceptors (Lipinski definition) is 5. The molecule has 1 aromatic carbocycles. The molecule has 0 radical (unpaired) electrons. The van der Waals surface area contributed by atoms with Gasteiger partial charge >= 0.3 is 0 Å². The molecule has 2 unspecified atom stereocenters. The third kappa shape index (κ3) is 3.01. The molecule has 0 aromatic heterocycles. The molecule has 1 saturated heterocycles. The highest BCUT2D eigenvalue weighted by Crippen LogP contribution is 2.25. The molecule has 17 heavy (non-hydrogen) atoms. The van der Waals surface area contributed by atoms with Crippen molar-refractivity contribution in [1.82, 2.24) is 0 Å². The number of aliphatic hydroxyl groups is 1. The lowest BCUT2D eigenvalue weighted by Gasteiger charge is -2.14. The van der Waals surface area contributed by atoms with Crippen LogP contribution in [0.25, 0.3) is 0 Å². The van der Waals surface area contributed by atoms with Crippen LogP contribution < -0.4 is 0 Å². The van der Waals surface area contributed by atoms with Gasteiger partial charge in [-0.3, -0.25) is 4.18 Å². The minimum atomic E-state index is -3.77. The Bertz CT molecular complexity index is 481. The lowest BCUT2D eigenvalue weighted by molar-refractivity contribution is 0.0780. The van der Waals surface area contributed by atoms with Gasteiger partial charge < -0.3 is 5.11 Å². The summed E-state index contributed by atoms with van der Waals surface area (Å²) in [4.78, 5) is 0.132. The summed E-state index contributed by atoms with van der Waals surface area (Å²) >= 11 is 1.49. The Balaban J connectivity index is 2.16. The zero-order chi connectivity index (χ0) is 12.5. The summed E-state index contributed by atoms with van der Waals surface area (Å²) in [6.07, 6.45) is -1.34. The highest BCUT2D eigenvalue weighted by molar-refractivity contribution is 7.99. The molecule has 1 aliphatic rings. The van der Waals surface area contributed by atoms with Gasteiger partial charge in [0.2, 0.25) is 0 Å². The number of hydrogen-bond donors (Lipinski definition) is 1. The summed E-state index contributed by atoms with van der Waals surface area (Å²) in [5.41, 5.74) is 0.986. The average molecular weight is 274 g/mol. The molecule has 6 heteroatoms. The van der Waals surface area contributed by atoms with Crippen molar-refractivity contribution in [3.05, 3.63) is 29.8 Å². The van der Waals surface area contributed by atoms with Gasteiger partial charge in [-0.15, -0.1) is 0 Å². The Labute approximate surface area is 105 Å². The molecule has 0 saturated carbocycles. The molecule has 1 aromatic rings. The van der Waals surface area contributed by atoms with Crippen LogP contribution in [0.1, 0.15) is 5.56 Å². The summed E-state index contributed by atoms with van der Waals surface area (Å²) in [6, 6.07) is 6.46. The van der Waals surface area contributed by atoms with Crippen LogP contribution in [0.2, 0.25) is 0 Å². The van der Waals surface area contributed by atoms with Crippen molar-refractivity contribution in [3.8, 4) is 0 Å². The Hall–Kier alpha value is -0.560. The number of benzene rings is 1. The molecule has 0 amide bonds. The van der Waals surface area contributed by atoms with Crippen LogP contribution in [-0.4, -0.2) is 37.2 Å². The second-order valence-electron chi connectivity index (χ2n) is 4.01. The van der Waals surface area contributed by atoms with Crippen LogP contribution in [-0.2, 0) is 14.3 Å². The van der Waals surface area contributed by atoms with Crippen molar-refractivity contribution in [2.45, 2.75) is 24.0 Å². The minimum absolute atomic E-state index is 0.132. The summed E-state index contributed by atoms with van der Waals surface area (Å²) in [5, 5.41) is 9.53. The fraction of sp³-hybridized carbons (Fsp3) is 0.455. The molecule has 1 N–H and O–H groups in total. The summed E-state index contributed by atoms with van der Waals surface area (Å²) in [5.74, 6) is 1.03.